The lowest BCUT2D eigenvalue weighted by atomic mass is 9.92. The topological polar surface area (TPSA) is 48.7 Å². The smallest absolute Gasteiger partial charge is 0.144 e. The molecule has 0 atom stereocenters. The highest BCUT2D eigenvalue weighted by atomic mass is 15.0. The average molecular weight is 229 g/mol. The highest BCUT2D eigenvalue weighted by Crippen LogP contribution is 2.51. The van der Waals surface area contributed by atoms with Crippen molar-refractivity contribution in [1.82, 2.24) is 4.98 Å². The van der Waals surface area contributed by atoms with Crippen LogP contribution in [0.15, 0.2) is 12.3 Å². The molecule has 0 aromatic carbocycles. The van der Waals surface area contributed by atoms with Crippen LogP contribution in [0.5, 0.6) is 0 Å². The van der Waals surface area contributed by atoms with E-state index in [-0.39, 0.29) is 0 Å². The number of nitriles is 1. The molecule has 0 aliphatic heterocycles. The summed E-state index contributed by atoms with van der Waals surface area (Å²) in [4.78, 5) is 4.27. The van der Waals surface area contributed by atoms with Crippen molar-refractivity contribution in [3.8, 4) is 6.07 Å². The summed E-state index contributed by atoms with van der Waals surface area (Å²) in [5.41, 5.74) is 2.09. The van der Waals surface area contributed by atoms with Gasteiger partial charge in [-0.05, 0) is 42.7 Å². The van der Waals surface area contributed by atoms with E-state index in [1.165, 1.54) is 12.8 Å². The van der Waals surface area contributed by atoms with Crippen molar-refractivity contribution in [2.24, 2.45) is 11.3 Å². The molecule has 0 saturated heterocycles. The summed E-state index contributed by atoms with van der Waals surface area (Å²) in [6, 6.07) is 4.10. The van der Waals surface area contributed by atoms with Gasteiger partial charge in [-0.1, -0.05) is 13.8 Å². The summed E-state index contributed by atoms with van der Waals surface area (Å²) in [7, 11) is 0. The van der Waals surface area contributed by atoms with E-state index in [4.69, 9.17) is 5.26 Å². The van der Waals surface area contributed by atoms with Crippen LogP contribution in [-0.2, 0) is 0 Å². The largest absolute Gasteiger partial charge is 0.368 e. The number of nitrogens with one attached hydrogen (secondary N) is 1. The fourth-order valence-electron chi connectivity index (χ4n) is 2.21. The highest BCUT2D eigenvalue weighted by molar-refractivity contribution is 5.55. The van der Waals surface area contributed by atoms with Crippen LogP contribution in [0, 0.1) is 29.6 Å². The van der Waals surface area contributed by atoms with Crippen LogP contribution in [0.3, 0.4) is 0 Å². The normalized spacial score (nSPS) is 16.6. The maximum atomic E-state index is 9.12. The van der Waals surface area contributed by atoms with E-state index < -0.39 is 0 Å². The Kier molecular flexibility index (Phi) is 3.06. The number of hydrogen-bond donors (Lipinski definition) is 1. The van der Waals surface area contributed by atoms with Crippen molar-refractivity contribution in [3.05, 3.63) is 23.4 Å². The molecule has 1 aromatic heterocycles. The second kappa shape index (κ2) is 4.37. The summed E-state index contributed by atoms with van der Waals surface area (Å²) in [5, 5.41) is 12.5. The van der Waals surface area contributed by atoms with Crippen LogP contribution in [0.25, 0.3) is 0 Å². The average Bonchev–Trinajstić information content (AvgIpc) is 3.07. The molecule has 2 rings (SSSR count). The molecule has 0 spiro atoms. The second-order valence-electron chi connectivity index (χ2n) is 5.33. The minimum atomic E-state index is 0.429. The molecule has 3 nitrogen and oxygen atoms in total. The lowest BCUT2D eigenvalue weighted by Crippen LogP contribution is -2.21. The third-order valence-corrected chi connectivity index (χ3v) is 4.00. The Morgan fingerprint density at radius 2 is 2.24 bits per heavy atom. The number of aromatic nitrogens is 1. The summed E-state index contributed by atoms with van der Waals surface area (Å²) < 4.78 is 0. The third kappa shape index (κ3) is 2.26. The lowest BCUT2D eigenvalue weighted by molar-refractivity contribution is 0.380. The molecule has 0 unspecified atom stereocenters. The van der Waals surface area contributed by atoms with E-state index in [9.17, 15) is 0 Å². The third-order valence-electron chi connectivity index (χ3n) is 4.00. The molecule has 1 heterocycles. The summed E-state index contributed by atoms with van der Waals surface area (Å²) in [6.45, 7) is 7.41. The van der Waals surface area contributed by atoms with Crippen LogP contribution in [-0.4, -0.2) is 11.5 Å². The molecule has 1 aliphatic carbocycles. The standard InChI is InChI=1S/C14H19N3/c1-10(2)14(5-6-14)9-17-13-12(8-15)11(3)4-7-16-13/h4,7,10H,5-6,9H2,1-3H3,(H,16,17). The molecule has 1 N–H and O–H groups in total. The van der Waals surface area contributed by atoms with E-state index in [1.54, 1.807) is 6.20 Å². The molecule has 0 bridgehead atoms. The van der Waals surface area contributed by atoms with Gasteiger partial charge >= 0.3 is 0 Å². The van der Waals surface area contributed by atoms with Crippen LogP contribution in [0.1, 0.15) is 37.8 Å². The van der Waals surface area contributed by atoms with Crippen molar-refractivity contribution in [3.63, 3.8) is 0 Å². The van der Waals surface area contributed by atoms with Gasteiger partial charge in [0.05, 0.1) is 5.56 Å². The fourth-order valence-corrected chi connectivity index (χ4v) is 2.21. The molecule has 1 aromatic rings. The van der Waals surface area contributed by atoms with Gasteiger partial charge in [-0.3, -0.25) is 0 Å². The zero-order valence-corrected chi connectivity index (χ0v) is 10.7. The minimum absolute atomic E-state index is 0.429. The zero-order chi connectivity index (χ0) is 12.5. The molecule has 1 fully saturated rings. The van der Waals surface area contributed by atoms with Gasteiger partial charge in [-0.25, -0.2) is 4.98 Å². The van der Waals surface area contributed by atoms with Crippen LogP contribution in [0.4, 0.5) is 5.82 Å². The quantitative estimate of drug-likeness (QED) is 0.863. The Hall–Kier alpha value is -1.56. The summed E-state index contributed by atoms with van der Waals surface area (Å²) >= 11 is 0. The van der Waals surface area contributed by atoms with Crippen LogP contribution >= 0.6 is 0 Å². The van der Waals surface area contributed by atoms with Gasteiger partial charge in [-0.2, -0.15) is 5.26 Å². The van der Waals surface area contributed by atoms with Gasteiger partial charge in [0.25, 0.3) is 0 Å². The number of aryl methyl sites for hydroxylation is 1. The molecule has 3 heteroatoms. The predicted molar refractivity (Wildman–Crippen MR) is 68.7 cm³/mol. The first-order valence-electron chi connectivity index (χ1n) is 6.19. The van der Waals surface area contributed by atoms with E-state index in [0.717, 1.165) is 17.9 Å². The monoisotopic (exact) mass is 229 g/mol. The van der Waals surface area contributed by atoms with E-state index >= 15 is 0 Å². The number of anilines is 1. The summed E-state index contributed by atoms with van der Waals surface area (Å²) in [5.74, 6) is 1.42. The van der Waals surface area contributed by atoms with Gasteiger partial charge in [0, 0.05) is 12.7 Å². The molecule has 90 valence electrons. The van der Waals surface area contributed by atoms with Crippen molar-refractivity contribution in [1.29, 1.82) is 5.26 Å². The molecule has 17 heavy (non-hydrogen) atoms. The van der Waals surface area contributed by atoms with Gasteiger partial charge < -0.3 is 5.32 Å². The summed E-state index contributed by atoms with van der Waals surface area (Å²) in [6.07, 6.45) is 4.32. The Bertz CT molecular complexity index is 453. The van der Waals surface area contributed by atoms with Crippen molar-refractivity contribution < 1.29 is 0 Å². The Morgan fingerprint density at radius 3 is 2.76 bits per heavy atom. The fraction of sp³-hybridized carbons (Fsp3) is 0.571. The zero-order valence-electron chi connectivity index (χ0n) is 10.7. The van der Waals surface area contributed by atoms with E-state index in [1.807, 2.05) is 13.0 Å². The predicted octanol–water partition coefficient (Wildman–Crippen LogP) is 3.11. The van der Waals surface area contributed by atoms with Crippen LogP contribution < -0.4 is 5.32 Å². The first-order valence-corrected chi connectivity index (χ1v) is 6.19. The minimum Gasteiger partial charge on any atom is -0.368 e. The SMILES string of the molecule is Cc1ccnc(NCC2(C(C)C)CC2)c1C#N. The number of hydrogen-bond acceptors (Lipinski definition) is 3. The lowest BCUT2D eigenvalue weighted by Gasteiger charge is -2.20. The molecule has 0 radical (unpaired) electrons. The van der Waals surface area contributed by atoms with Gasteiger partial charge in [0.1, 0.15) is 11.9 Å². The number of rotatable bonds is 4. The van der Waals surface area contributed by atoms with Gasteiger partial charge in [0.15, 0.2) is 0 Å². The van der Waals surface area contributed by atoms with Crippen LogP contribution in [0.2, 0.25) is 0 Å². The molecule has 1 saturated carbocycles. The van der Waals surface area contributed by atoms with Gasteiger partial charge in [-0.15, -0.1) is 0 Å². The number of nitrogens with zero attached hydrogens (tertiary/aromatic N) is 2. The molecule has 0 amide bonds. The maximum absolute atomic E-state index is 9.12. The first-order chi connectivity index (χ1) is 8.09. The molecule has 1 aliphatic rings. The molecular formula is C14H19N3. The van der Waals surface area contributed by atoms with Crippen molar-refractivity contribution in [2.45, 2.75) is 33.6 Å². The van der Waals surface area contributed by atoms with Crippen molar-refractivity contribution >= 4 is 5.82 Å². The first kappa shape index (κ1) is 11.9. The highest BCUT2D eigenvalue weighted by Gasteiger charge is 2.45. The second-order valence-corrected chi connectivity index (χ2v) is 5.33. The van der Waals surface area contributed by atoms with Gasteiger partial charge in [0.2, 0.25) is 0 Å². The van der Waals surface area contributed by atoms with E-state index in [0.29, 0.717) is 16.9 Å². The Labute approximate surface area is 103 Å². The van der Waals surface area contributed by atoms with E-state index in [2.05, 4.69) is 30.2 Å². The Morgan fingerprint density at radius 1 is 1.53 bits per heavy atom. The molecular weight excluding hydrogens is 210 g/mol. The van der Waals surface area contributed by atoms with Crippen molar-refractivity contribution in [2.75, 3.05) is 11.9 Å². The maximum Gasteiger partial charge on any atom is 0.144 e. The Balaban J connectivity index is 2.10. The number of pyridine rings is 1.